The highest BCUT2D eigenvalue weighted by atomic mass is 79.9. The molecular weight excluding hydrogens is 456 g/mol. The summed E-state index contributed by atoms with van der Waals surface area (Å²) in [5, 5.41) is 10.3. The highest BCUT2D eigenvalue weighted by molar-refractivity contribution is 9.12. The fourth-order valence-electron chi connectivity index (χ4n) is 3.27. The van der Waals surface area contributed by atoms with Gasteiger partial charge in [0.2, 0.25) is 0 Å². The Bertz CT molecular complexity index is 1180. The van der Waals surface area contributed by atoms with Gasteiger partial charge in [0, 0.05) is 40.0 Å². The largest absolute Gasteiger partial charge is 0.322 e. The fraction of sp³-hybridized carbons (Fsp3) is 0.125. The fourth-order valence-corrected chi connectivity index (χ4v) is 3.84. The van der Waals surface area contributed by atoms with Crippen LogP contribution in [-0.2, 0) is 11.8 Å². The summed E-state index contributed by atoms with van der Waals surface area (Å²) in [6.07, 6.45) is 5.74. The number of hydrogen-bond acceptors (Lipinski definition) is 3. The number of aryl methyl sites for hydroxylation is 1. The summed E-state index contributed by atoms with van der Waals surface area (Å²) >= 11 is 3.44. The van der Waals surface area contributed by atoms with Gasteiger partial charge in [0.05, 0.1) is 5.69 Å². The molecule has 1 aliphatic rings. The van der Waals surface area contributed by atoms with Crippen LogP contribution in [0.4, 0.5) is 11.5 Å². The smallest absolute Gasteiger partial charge is 0.256 e. The lowest BCUT2D eigenvalue weighted by molar-refractivity contribution is -0.112. The first-order chi connectivity index (χ1) is 15.0. The van der Waals surface area contributed by atoms with Crippen LogP contribution in [0, 0.1) is 0 Å². The molecule has 0 spiro atoms. The van der Waals surface area contributed by atoms with Crippen molar-refractivity contribution in [1.82, 2.24) is 9.78 Å². The summed E-state index contributed by atoms with van der Waals surface area (Å²) in [4.78, 5) is 24.9. The third kappa shape index (κ3) is 4.83. The minimum Gasteiger partial charge on any atom is -0.322 e. The van der Waals surface area contributed by atoms with Gasteiger partial charge in [-0.1, -0.05) is 58.4 Å². The molecule has 1 heterocycles. The number of carbonyl (C=O) groups excluding carboxylic acids is 2. The molecule has 0 saturated carbocycles. The predicted molar refractivity (Wildman–Crippen MR) is 126 cm³/mol. The zero-order valence-corrected chi connectivity index (χ0v) is 18.5. The molecule has 3 aromatic rings. The van der Waals surface area contributed by atoms with Crippen molar-refractivity contribution in [1.29, 1.82) is 0 Å². The zero-order chi connectivity index (χ0) is 21.8. The lowest BCUT2D eigenvalue weighted by Crippen LogP contribution is -2.15. The summed E-state index contributed by atoms with van der Waals surface area (Å²) in [5.74, 6) is 0.270. The van der Waals surface area contributed by atoms with E-state index in [4.69, 9.17) is 0 Å². The Balaban J connectivity index is 1.45. The number of nitrogens with zero attached hydrogens (tertiary/aromatic N) is 2. The molecule has 0 aliphatic heterocycles. The Hall–Kier alpha value is -3.45. The Kier molecular flexibility index (Phi) is 6.13. The first kappa shape index (κ1) is 20.8. The van der Waals surface area contributed by atoms with Crippen LogP contribution in [0.3, 0.4) is 0 Å². The number of nitrogens with one attached hydrogen (secondary N) is 2. The van der Waals surface area contributed by atoms with Gasteiger partial charge >= 0.3 is 0 Å². The van der Waals surface area contributed by atoms with E-state index in [1.807, 2.05) is 60.7 Å². The highest BCUT2D eigenvalue weighted by Crippen LogP contribution is 2.27. The molecule has 0 saturated heterocycles. The van der Waals surface area contributed by atoms with Gasteiger partial charge in [-0.15, -0.1) is 0 Å². The first-order valence-electron chi connectivity index (χ1n) is 9.89. The van der Waals surface area contributed by atoms with Crippen molar-refractivity contribution in [3.05, 3.63) is 88.4 Å². The van der Waals surface area contributed by atoms with Crippen molar-refractivity contribution in [2.24, 2.45) is 7.05 Å². The van der Waals surface area contributed by atoms with Crippen molar-refractivity contribution in [2.45, 2.75) is 12.8 Å². The standard InChI is InChI=1S/C24H21BrN4O2/c1-29-22(27-23(30)17-7-3-2-4-8-17)15-21(28-29)16-11-13-18(14-12-16)26-24(31)19-9-5-6-10-20(19)25/h2-4,7-15H,5-6H2,1H3,(H,26,31)(H,27,30). The van der Waals surface area contributed by atoms with Crippen LogP contribution in [0.5, 0.6) is 0 Å². The quantitative estimate of drug-likeness (QED) is 0.525. The maximum Gasteiger partial charge on any atom is 0.256 e. The SMILES string of the molecule is Cn1nc(-c2ccc(NC(=O)C3=CCCC=C3Br)cc2)cc1NC(=O)c1ccccc1. The van der Waals surface area contributed by atoms with Crippen LogP contribution in [0.2, 0.25) is 0 Å². The third-order valence-electron chi connectivity index (χ3n) is 4.94. The molecule has 0 unspecified atom stereocenters. The van der Waals surface area contributed by atoms with Gasteiger partial charge in [0.15, 0.2) is 0 Å². The molecule has 4 rings (SSSR count). The summed E-state index contributed by atoms with van der Waals surface area (Å²) in [6, 6.07) is 18.3. The van der Waals surface area contributed by atoms with Gasteiger partial charge in [-0.05, 0) is 37.1 Å². The van der Waals surface area contributed by atoms with Crippen molar-refractivity contribution >= 4 is 39.2 Å². The normalized spacial score (nSPS) is 13.2. The van der Waals surface area contributed by atoms with Crippen molar-refractivity contribution in [2.75, 3.05) is 10.6 Å². The van der Waals surface area contributed by atoms with E-state index in [1.54, 1.807) is 23.9 Å². The molecule has 7 heteroatoms. The van der Waals surface area contributed by atoms with Crippen molar-refractivity contribution in [3.8, 4) is 11.3 Å². The first-order valence-corrected chi connectivity index (χ1v) is 10.7. The van der Waals surface area contributed by atoms with Crippen molar-refractivity contribution < 1.29 is 9.59 Å². The number of allylic oxidation sites excluding steroid dienone is 2. The lowest BCUT2D eigenvalue weighted by Gasteiger charge is -2.12. The molecule has 0 radical (unpaired) electrons. The van der Waals surface area contributed by atoms with E-state index in [1.165, 1.54) is 0 Å². The number of amides is 2. The predicted octanol–water partition coefficient (Wildman–Crippen LogP) is 5.28. The molecule has 2 aromatic carbocycles. The van der Waals surface area contributed by atoms with Gasteiger partial charge in [0.1, 0.15) is 5.82 Å². The number of carbonyl (C=O) groups is 2. The lowest BCUT2D eigenvalue weighted by atomic mass is 10.1. The van der Waals surface area contributed by atoms with Crippen LogP contribution < -0.4 is 10.6 Å². The number of aromatic nitrogens is 2. The maximum absolute atomic E-state index is 12.5. The molecule has 31 heavy (non-hydrogen) atoms. The van der Waals surface area contributed by atoms with Crippen LogP contribution in [0.25, 0.3) is 11.3 Å². The second-order valence-electron chi connectivity index (χ2n) is 7.14. The van der Waals surface area contributed by atoms with E-state index in [2.05, 4.69) is 31.7 Å². The topological polar surface area (TPSA) is 76.0 Å². The number of hydrogen-bond donors (Lipinski definition) is 2. The molecule has 1 aromatic heterocycles. The van der Waals surface area contributed by atoms with E-state index < -0.39 is 0 Å². The molecule has 2 N–H and O–H groups in total. The van der Waals surface area contributed by atoms with Crippen LogP contribution in [-0.4, -0.2) is 21.6 Å². The van der Waals surface area contributed by atoms with Gasteiger partial charge in [-0.25, -0.2) is 0 Å². The number of rotatable bonds is 5. The Morgan fingerprint density at radius 3 is 2.35 bits per heavy atom. The average molecular weight is 477 g/mol. The Morgan fingerprint density at radius 2 is 1.65 bits per heavy atom. The maximum atomic E-state index is 12.5. The molecule has 0 bridgehead atoms. The molecule has 2 amide bonds. The van der Waals surface area contributed by atoms with E-state index >= 15 is 0 Å². The van der Waals surface area contributed by atoms with Gasteiger partial charge in [-0.2, -0.15) is 5.10 Å². The minimum atomic E-state index is -0.189. The summed E-state index contributed by atoms with van der Waals surface area (Å²) in [6.45, 7) is 0. The average Bonchev–Trinajstić information content (AvgIpc) is 3.15. The van der Waals surface area contributed by atoms with Crippen LogP contribution >= 0.6 is 15.9 Å². The number of halogens is 1. The Labute approximate surface area is 188 Å². The zero-order valence-electron chi connectivity index (χ0n) is 16.9. The summed E-state index contributed by atoms with van der Waals surface area (Å²) in [5.41, 5.74) is 3.55. The minimum absolute atomic E-state index is 0.140. The van der Waals surface area contributed by atoms with Gasteiger partial charge in [0.25, 0.3) is 11.8 Å². The second kappa shape index (κ2) is 9.14. The molecule has 1 aliphatic carbocycles. The van der Waals surface area contributed by atoms with E-state index in [0.717, 1.165) is 28.6 Å². The summed E-state index contributed by atoms with van der Waals surface area (Å²) < 4.78 is 2.46. The van der Waals surface area contributed by atoms with E-state index in [0.29, 0.717) is 22.6 Å². The monoisotopic (exact) mass is 476 g/mol. The number of benzene rings is 2. The van der Waals surface area contributed by atoms with Crippen molar-refractivity contribution in [3.63, 3.8) is 0 Å². The Morgan fingerprint density at radius 1 is 0.935 bits per heavy atom. The van der Waals surface area contributed by atoms with Gasteiger partial charge in [-0.3, -0.25) is 14.3 Å². The number of anilines is 2. The van der Waals surface area contributed by atoms with E-state index in [9.17, 15) is 9.59 Å². The van der Waals surface area contributed by atoms with Crippen LogP contribution in [0.1, 0.15) is 23.2 Å². The molecule has 0 atom stereocenters. The molecular formula is C24H21BrN4O2. The van der Waals surface area contributed by atoms with Gasteiger partial charge < -0.3 is 10.6 Å². The molecule has 0 fully saturated rings. The summed E-state index contributed by atoms with van der Waals surface area (Å²) in [7, 11) is 1.78. The van der Waals surface area contributed by atoms with E-state index in [-0.39, 0.29) is 11.8 Å². The van der Waals surface area contributed by atoms with Crippen LogP contribution in [0.15, 0.2) is 82.9 Å². The third-order valence-corrected chi connectivity index (χ3v) is 5.69. The molecule has 156 valence electrons. The highest BCUT2D eigenvalue weighted by Gasteiger charge is 2.15. The second-order valence-corrected chi connectivity index (χ2v) is 7.99. The molecule has 6 nitrogen and oxygen atoms in total.